The molecule has 3 aromatic rings. The molecule has 0 spiro atoms. The van der Waals surface area contributed by atoms with Crippen LogP contribution < -0.4 is 10.9 Å². The molecule has 1 aliphatic heterocycles. The Labute approximate surface area is 587 Å². The fourth-order valence-corrected chi connectivity index (χ4v) is 12.4. The summed E-state index contributed by atoms with van der Waals surface area (Å²) in [7, 11) is 167. The molecular formula is C27H38B53BrN3O4. The van der Waals surface area contributed by atoms with Crippen LogP contribution in [-0.2, 0) is 9.31 Å². The van der Waals surface area contributed by atoms with Crippen molar-refractivity contribution in [2.45, 2.75) is 80.4 Å². The predicted octanol–water partition coefficient (Wildman–Crippen LogP) is -15.6. The summed E-state index contributed by atoms with van der Waals surface area (Å²) >= 11 is 3.37. The van der Waals surface area contributed by atoms with Gasteiger partial charge in [-0.15, -0.1) is 0 Å². The molecule has 53 radical (unpaired) electrons. The first kappa shape index (κ1) is 87.2. The Balaban J connectivity index is 0.000000819. The van der Waals surface area contributed by atoms with E-state index in [1.54, 1.807) is 19.1 Å². The minimum atomic E-state index is -1.41. The van der Waals surface area contributed by atoms with Gasteiger partial charge in [0.15, 0.2) is 0 Å². The summed E-state index contributed by atoms with van der Waals surface area (Å²) < 4.78 is 13.1. The molecule has 0 saturated carbocycles. The second kappa shape index (κ2) is 39.6. The van der Waals surface area contributed by atoms with Gasteiger partial charge in [0.05, 0.1) is 16.9 Å². The highest BCUT2D eigenvalue weighted by molar-refractivity contribution is 9.10. The fraction of sp³-hybridized carbons (Fsp3) is 0.444. The van der Waals surface area contributed by atoms with Gasteiger partial charge in [0, 0.05) is 405 Å². The number of nitrogens with zero attached hydrogens (tertiary/aromatic N) is 3. The van der Waals surface area contributed by atoms with Crippen LogP contribution in [0.2, 0.25) is 0 Å². The van der Waals surface area contributed by atoms with Gasteiger partial charge in [-0.3, -0.25) is 15.0 Å². The highest BCUT2D eigenvalue weighted by Crippen LogP contribution is 2.36. The Bertz CT molecular complexity index is 2360. The molecule has 0 bridgehead atoms. The minimum absolute atomic E-state index is 0.297. The van der Waals surface area contributed by atoms with Gasteiger partial charge in [-0.05, 0) is 109 Å². The number of hydrogen-bond acceptors (Lipinski definition) is 7. The summed E-state index contributed by atoms with van der Waals surface area (Å²) in [6.45, 7) is 19.8. The maximum atomic E-state index is 8.81. The van der Waals surface area contributed by atoms with E-state index >= 15 is 0 Å². The van der Waals surface area contributed by atoms with Crippen molar-refractivity contribution < 1.29 is 19.4 Å². The van der Waals surface area contributed by atoms with Crippen LogP contribution in [0.4, 0.5) is 0 Å². The zero-order valence-electron chi connectivity index (χ0n) is 53.0. The van der Waals surface area contributed by atoms with Crippen molar-refractivity contribution in [3.8, 4) is 0 Å². The summed E-state index contributed by atoms with van der Waals surface area (Å²) in [5.41, 5.74) is 6.55. The van der Waals surface area contributed by atoms with Crippen LogP contribution in [0.3, 0.4) is 0 Å². The van der Waals surface area contributed by atoms with Crippen LogP contribution >= 0.6 is 15.9 Å². The largest absolute Gasteiger partial charge is 0.496 e. The lowest BCUT2D eigenvalue weighted by atomic mass is 8.24. The number of hydrogen-bond donors (Lipinski definition) is 2. The third-order valence-electron chi connectivity index (χ3n) is 16.9. The van der Waals surface area contributed by atoms with Crippen LogP contribution in [0.25, 0.3) is 0 Å². The third kappa shape index (κ3) is 24.9. The van der Waals surface area contributed by atoms with Gasteiger partial charge in [-0.2, -0.15) is 0 Å². The molecule has 3 aromatic heterocycles. The lowest BCUT2D eigenvalue weighted by Crippen LogP contribution is -2.95. The Morgan fingerprint density at radius 1 is 0.375 bits per heavy atom. The second-order valence-electron chi connectivity index (χ2n) is 24.3. The zero-order chi connectivity index (χ0) is 68.7. The molecule has 2 N–H and O–H groups in total. The van der Waals surface area contributed by atoms with E-state index in [-0.39, 0.29) is 18.3 Å². The van der Waals surface area contributed by atoms with Crippen LogP contribution in [-0.4, -0.2) is 412 Å². The van der Waals surface area contributed by atoms with Crippen molar-refractivity contribution in [2.75, 3.05) is 0 Å². The molecule has 7 nitrogen and oxygen atoms in total. The van der Waals surface area contributed by atoms with Gasteiger partial charge >= 0.3 is 14.2 Å². The van der Waals surface area contributed by atoms with Crippen LogP contribution in [0, 0.1) is 41.5 Å². The Morgan fingerprint density at radius 2 is 0.625 bits per heavy atom. The standard InChI is InChI=1S/C13H20BNO2.C7H10BNO2.C7H8BrN.B51/c1-9-7-8-11(10(2)15-9)14-16-12(3,4)13(5,6)17-14;1-5-3-4-7(8(10)11)6(2)9-5;1-5-3-4-7(8)6(2)9-5;1-27-40(26)47(41(28(2)3)29(4)5)50(46(38(22)23)39(24)25)51(48(42(30(6)7)31(8)9)43(32(10)11)33(12)13)49(44(34(14)15)35(16)17)45(36(18)19)37(20)21/h7-8H,1-6H3;3-4,10-11H,1-2H3;3-4H,1-2H3;. The molecule has 61 heteroatoms. The average Bonchev–Trinajstić information content (AvgIpc) is 0.810. The molecule has 351 valence electrons. The minimum Gasteiger partial charge on any atom is -0.423 e. The number of halogens is 1. The quantitative estimate of drug-likeness (QED) is 0.0773. The molecule has 0 aromatic carbocycles. The first-order valence-electron chi connectivity index (χ1n) is 28.9. The lowest BCUT2D eigenvalue weighted by molar-refractivity contribution is 0.00578. The first-order valence-corrected chi connectivity index (χ1v) is 29.7. The summed E-state index contributed by atoms with van der Waals surface area (Å²) in [4.78, 5) is 12.8. The molecule has 4 heterocycles. The van der Waals surface area contributed by atoms with E-state index < -0.39 is 160 Å². The molecule has 0 amide bonds. The van der Waals surface area contributed by atoms with E-state index in [4.69, 9.17) is 221 Å². The van der Waals surface area contributed by atoms with Gasteiger partial charge in [0.1, 0.15) is 0 Å². The van der Waals surface area contributed by atoms with E-state index in [1.165, 1.54) is 0 Å². The van der Waals surface area contributed by atoms with Gasteiger partial charge in [0.2, 0.25) is 0 Å². The number of aryl methyl sites for hydroxylation is 6. The van der Waals surface area contributed by atoms with Crippen LogP contribution in [0.5, 0.6) is 0 Å². The molecular weight excluding hydrogens is 1080 g/mol. The predicted molar refractivity (Wildman–Crippen MR) is 448 cm³/mol. The van der Waals surface area contributed by atoms with Crippen molar-refractivity contribution in [1.29, 1.82) is 0 Å². The zero-order valence-corrected chi connectivity index (χ0v) is 54.6. The van der Waals surface area contributed by atoms with Gasteiger partial charge in [0.25, 0.3) is 0 Å². The smallest absolute Gasteiger partial charge is 0.423 e. The van der Waals surface area contributed by atoms with Crippen LogP contribution in [0.15, 0.2) is 40.9 Å². The topological polar surface area (TPSA) is 97.6 Å². The van der Waals surface area contributed by atoms with Crippen molar-refractivity contribution >= 4 is 403 Å². The Kier molecular flexibility index (Phi) is 39.2. The molecule has 4 rings (SSSR count). The molecule has 1 fully saturated rings. The van der Waals surface area contributed by atoms with E-state index in [9.17, 15) is 0 Å². The second-order valence-corrected chi connectivity index (χ2v) is 25.1. The highest BCUT2D eigenvalue weighted by atomic mass is 79.9. The molecule has 0 aliphatic carbocycles. The van der Waals surface area contributed by atoms with Gasteiger partial charge in [-0.25, -0.2) is 0 Å². The Morgan fingerprint density at radius 3 is 0.875 bits per heavy atom. The van der Waals surface area contributed by atoms with E-state index in [0.29, 0.717) is 11.2 Å². The third-order valence-corrected chi connectivity index (χ3v) is 17.8. The molecule has 1 saturated heterocycles. The van der Waals surface area contributed by atoms with Gasteiger partial charge in [-0.1, -0.05) is 12.1 Å². The normalized spacial score (nSPS) is 12.0. The molecule has 88 heavy (non-hydrogen) atoms. The SMILES string of the molecule is Cc1ccc(B(O)O)c(C)n1.Cc1ccc(B2OC(C)(C)C(C)(C)O2)c(C)n1.Cc1ccc(Br)c(C)n1.[B][B]B([B])B(B(B([B])[B])B([B])[B])B(B(B([B])[B])B([B])[B])B(B(B(B([B])[B])B([B])[B])B(B([B])[B])B([B])[B])B(B(B([B])[B])B([B])[B])B(B([B])[B])B([B])[B]. The number of aromatic nitrogens is 3. The summed E-state index contributed by atoms with van der Waals surface area (Å²) in [5.74, 6) is 0. The lowest BCUT2D eigenvalue weighted by Gasteiger charge is -2.57. The fourth-order valence-electron chi connectivity index (χ4n) is 12.2. The summed E-state index contributed by atoms with van der Waals surface area (Å²) in [6.07, 6.45) is -30.7. The summed E-state index contributed by atoms with van der Waals surface area (Å²) in [6, 6.07) is 11.5. The van der Waals surface area contributed by atoms with Crippen molar-refractivity contribution in [3.05, 3.63) is 75.0 Å². The Hall–Kier alpha value is 1.21. The van der Waals surface area contributed by atoms with E-state index in [1.807, 2.05) is 58.9 Å². The first-order chi connectivity index (χ1) is 40.3. The van der Waals surface area contributed by atoms with Crippen molar-refractivity contribution in [2.24, 2.45) is 0 Å². The molecule has 0 unspecified atom stereocenters. The van der Waals surface area contributed by atoms with Gasteiger partial charge < -0.3 is 19.4 Å². The van der Waals surface area contributed by atoms with Crippen molar-refractivity contribution in [1.82, 2.24) is 15.0 Å². The number of pyridine rings is 3. The molecule has 0 atom stereocenters. The van der Waals surface area contributed by atoms with E-state index in [0.717, 1.165) is 45.5 Å². The average molecular weight is 1120 g/mol. The van der Waals surface area contributed by atoms with Crippen molar-refractivity contribution in [3.63, 3.8) is 0 Å². The monoisotopic (exact) mass is 1130 g/mol. The van der Waals surface area contributed by atoms with E-state index in [2.05, 4.69) is 58.6 Å². The summed E-state index contributed by atoms with van der Waals surface area (Å²) in [5, 5.41) is 17.6. The highest BCUT2D eigenvalue weighted by Gasteiger charge is 2.60. The maximum absolute atomic E-state index is 8.81. The van der Waals surface area contributed by atoms with Crippen LogP contribution in [0.1, 0.15) is 61.9 Å². The maximum Gasteiger partial charge on any atom is 0.496 e. The molecule has 1 aliphatic rings. The number of rotatable bonds is 26.